The first-order valence-corrected chi connectivity index (χ1v) is 6.94. The summed E-state index contributed by atoms with van der Waals surface area (Å²) in [5.41, 5.74) is 2.75. The van der Waals surface area contributed by atoms with Gasteiger partial charge >= 0.3 is 5.97 Å². The molecule has 0 radical (unpaired) electrons. The van der Waals surface area contributed by atoms with E-state index in [2.05, 4.69) is 13.8 Å². The molecule has 21 heavy (non-hydrogen) atoms. The average Bonchev–Trinajstić information content (AvgIpc) is 2.71. The molecule has 0 aliphatic heterocycles. The van der Waals surface area contributed by atoms with Gasteiger partial charge in [0.15, 0.2) is 0 Å². The lowest BCUT2D eigenvalue weighted by Crippen LogP contribution is -2.12. The van der Waals surface area contributed by atoms with Crippen LogP contribution in [-0.4, -0.2) is 19.7 Å². The predicted octanol–water partition coefficient (Wildman–Crippen LogP) is 3.22. The van der Waals surface area contributed by atoms with Crippen molar-refractivity contribution in [3.8, 4) is 11.8 Å². The summed E-state index contributed by atoms with van der Waals surface area (Å²) in [4.78, 5) is 12.0. The van der Waals surface area contributed by atoms with Crippen LogP contribution >= 0.6 is 0 Å². The Hall–Kier alpha value is -2.28. The van der Waals surface area contributed by atoms with Crippen LogP contribution in [-0.2, 0) is 14.9 Å². The highest BCUT2D eigenvalue weighted by Crippen LogP contribution is 2.47. The summed E-state index contributed by atoms with van der Waals surface area (Å²) in [6.07, 6.45) is 0.636. The number of allylic oxidation sites excluding steroid dienone is 1. The maximum absolute atomic E-state index is 12.0. The number of nitrogens with zero attached hydrogens (tertiary/aromatic N) is 1. The minimum Gasteiger partial charge on any atom is -0.497 e. The monoisotopic (exact) mass is 285 g/mol. The van der Waals surface area contributed by atoms with Crippen LogP contribution in [0.5, 0.6) is 5.75 Å². The molecule has 1 aromatic carbocycles. The van der Waals surface area contributed by atoms with Gasteiger partial charge in [-0.1, -0.05) is 19.9 Å². The Balaban J connectivity index is 2.61. The lowest BCUT2D eigenvalue weighted by molar-refractivity contribution is -0.137. The van der Waals surface area contributed by atoms with Gasteiger partial charge in [-0.25, -0.2) is 4.79 Å². The molecule has 0 fully saturated rings. The fraction of sp³-hybridized carbons (Fsp3) is 0.412. The van der Waals surface area contributed by atoms with Crippen LogP contribution in [0, 0.1) is 11.3 Å². The number of methoxy groups -OCH3 is 1. The molecule has 1 aromatic rings. The quantitative estimate of drug-likeness (QED) is 0.486. The largest absolute Gasteiger partial charge is 0.497 e. The summed E-state index contributed by atoms with van der Waals surface area (Å²) >= 11 is 0. The van der Waals surface area contributed by atoms with Crippen LogP contribution in [0.4, 0.5) is 0 Å². The molecule has 4 heteroatoms. The summed E-state index contributed by atoms with van der Waals surface area (Å²) < 4.78 is 10.3. The van der Waals surface area contributed by atoms with Gasteiger partial charge in [-0.3, -0.25) is 0 Å². The van der Waals surface area contributed by atoms with Gasteiger partial charge in [-0.15, -0.1) is 0 Å². The van der Waals surface area contributed by atoms with Crippen molar-refractivity contribution in [2.24, 2.45) is 0 Å². The van der Waals surface area contributed by atoms with Crippen LogP contribution < -0.4 is 4.74 Å². The minimum absolute atomic E-state index is 0.105. The second-order valence-electron chi connectivity index (χ2n) is 5.66. The predicted molar refractivity (Wildman–Crippen MR) is 79.8 cm³/mol. The number of hydrogen-bond donors (Lipinski definition) is 0. The lowest BCUT2D eigenvalue weighted by atomic mass is 9.86. The third-order valence-corrected chi connectivity index (χ3v) is 3.79. The van der Waals surface area contributed by atoms with E-state index >= 15 is 0 Å². The Kier molecular flexibility index (Phi) is 4.04. The topological polar surface area (TPSA) is 59.3 Å². The number of benzene rings is 1. The molecule has 0 unspecified atom stereocenters. The molecular weight excluding hydrogens is 266 g/mol. The number of rotatable bonds is 3. The van der Waals surface area contributed by atoms with Gasteiger partial charge in [0.25, 0.3) is 0 Å². The van der Waals surface area contributed by atoms with Gasteiger partial charge in [-0.05, 0) is 47.6 Å². The molecule has 0 saturated heterocycles. The van der Waals surface area contributed by atoms with Gasteiger partial charge in [0.2, 0.25) is 0 Å². The van der Waals surface area contributed by atoms with Crippen LogP contribution in [0.15, 0.2) is 23.8 Å². The van der Waals surface area contributed by atoms with E-state index in [9.17, 15) is 10.1 Å². The summed E-state index contributed by atoms with van der Waals surface area (Å²) in [6, 6.07) is 7.74. The van der Waals surface area contributed by atoms with Crippen molar-refractivity contribution in [2.75, 3.05) is 13.7 Å². The van der Waals surface area contributed by atoms with Crippen molar-refractivity contribution < 1.29 is 14.3 Å². The molecular formula is C17H19NO3. The summed E-state index contributed by atoms with van der Waals surface area (Å²) in [6.45, 7) is 6.18. The van der Waals surface area contributed by atoms with Gasteiger partial charge in [0, 0.05) is 0 Å². The molecule has 0 aromatic heterocycles. The van der Waals surface area contributed by atoms with Crippen molar-refractivity contribution in [1.82, 2.24) is 0 Å². The third kappa shape index (κ3) is 2.64. The fourth-order valence-corrected chi connectivity index (χ4v) is 2.77. The number of fused-ring (bicyclic) bond motifs is 1. The number of carbonyl (C=O) groups excluding carboxylic acids is 1. The van der Waals surface area contributed by atoms with Crippen molar-refractivity contribution in [3.05, 3.63) is 34.9 Å². The van der Waals surface area contributed by atoms with Crippen molar-refractivity contribution >= 4 is 11.5 Å². The van der Waals surface area contributed by atoms with Crippen LogP contribution in [0.25, 0.3) is 5.57 Å². The molecule has 2 rings (SSSR count). The fourth-order valence-electron chi connectivity index (χ4n) is 2.77. The molecule has 4 nitrogen and oxygen atoms in total. The van der Waals surface area contributed by atoms with E-state index in [4.69, 9.17) is 9.47 Å². The molecule has 1 aliphatic carbocycles. The average molecular weight is 285 g/mol. The van der Waals surface area contributed by atoms with Crippen LogP contribution in [0.3, 0.4) is 0 Å². The van der Waals surface area contributed by atoms with E-state index in [0.717, 1.165) is 22.4 Å². The van der Waals surface area contributed by atoms with Gasteiger partial charge in [-0.2, -0.15) is 5.26 Å². The summed E-state index contributed by atoms with van der Waals surface area (Å²) in [7, 11) is 1.62. The maximum Gasteiger partial charge on any atom is 0.349 e. The zero-order chi connectivity index (χ0) is 15.6. The highest BCUT2D eigenvalue weighted by molar-refractivity contribution is 6.03. The van der Waals surface area contributed by atoms with E-state index in [1.807, 2.05) is 24.3 Å². The maximum atomic E-state index is 12.0. The molecule has 0 bridgehead atoms. The molecule has 0 atom stereocenters. The minimum atomic E-state index is -0.547. The Morgan fingerprint density at radius 2 is 2.14 bits per heavy atom. The second kappa shape index (κ2) is 5.61. The summed E-state index contributed by atoms with van der Waals surface area (Å²) in [5.74, 6) is 0.229. The van der Waals surface area contributed by atoms with Crippen molar-refractivity contribution in [1.29, 1.82) is 5.26 Å². The SMILES string of the molecule is CCOC(=O)C(C#N)=C1CC(C)(C)c2cc(OC)ccc21. The van der Waals surface area contributed by atoms with E-state index in [1.165, 1.54) is 0 Å². The molecule has 110 valence electrons. The first kappa shape index (κ1) is 15.1. The smallest absolute Gasteiger partial charge is 0.349 e. The Labute approximate surface area is 125 Å². The lowest BCUT2D eigenvalue weighted by Gasteiger charge is -2.18. The Bertz CT molecular complexity index is 650. The molecule has 0 spiro atoms. The molecule has 0 saturated carbocycles. The Morgan fingerprint density at radius 3 is 2.71 bits per heavy atom. The molecule has 0 amide bonds. The first-order chi connectivity index (χ1) is 9.94. The summed E-state index contributed by atoms with van der Waals surface area (Å²) in [5, 5.41) is 9.35. The van der Waals surface area contributed by atoms with E-state index in [0.29, 0.717) is 6.42 Å². The Morgan fingerprint density at radius 1 is 1.43 bits per heavy atom. The number of hydrogen-bond acceptors (Lipinski definition) is 4. The highest BCUT2D eigenvalue weighted by Gasteiger charge is 2.36. The van der Waals surface area contributed by atoms with Crippen LogP contribution in [0.2, 0.25) is 0 Å². The van der Waals surface area contributed by atoms with Crippen LogP contribution in [0.1, 0.15) is 38.3 Å². The van der Waals surface area contributed by atoms with Gasteiger partial charge < -0.3 is 9.47 Å². The number of esters is 1. The second-order valence-corrected chi connectivity index (χ2v) is 5.66. The first-order valence-electron chi connectivity index (χ1n) is 6.94. The number of ether oxygens (including phenoxy) is 2. The number of carbonyl (C=O) groups is 1. The van der Waals surface area contributed by atoms with Crippen molar-refractivity contribution in [2.45, 2.75) is 32.6 Å². The highest BCUT2D eigenvalue weighted by atomic mass is 16.5. The molecule has 0 N–H and O–H groups in total. The normalized spacial score (nSPS) is 17.7. The molecule has 1 aliphatic rings. The van der Waals surface area contributed by atoms with Crippen molar-refractivity contribution in [3.63, 3.8) is 0 Å². The third-order valence-electron chi connectivity index (χ3n) is 3.79. The van der Waals surface area contributed by atoms with Gasteiger partial charge in [0.1, 0.15) is 17.4 Å². The van der Waals surface area contributed by atoms with Gasteiger partial charge in [0.05, 0.1) is 13.7 Å². The zero-order valence-electron chi connectivity index (χ0n) is 12.8. The van der Waals surface area contributed by atoms with E-state index in [1.54, 1.807) is 14.0 Å². The zero-order valence-corrected chi connectivity index (χ0v) is 12.8. The standard InChI is InChI=1S/C17H19NO3/c1-5-21-16(19)14(10-18)13-9-17(2,3)15-8-11(20-4)6-7-12(13)15/h6-8H,5,9H2,1-4H3. The number of nitriles is 1. The van der Waals surface area contributed by atoms with E-state index in [-0.39, 0.29) is 17.6 Å². The van der Waals surface area contributed by atoms with E-state index < -0.39 is 5.97 Å². The molecule has 0 heterocycles.